The third kappa shape index (κ3) is 4.27. The van der Waals surface area contributed by atoms with Crippen LogP contribution in [-0.2, 0) is 26.6 Å². The summed E-state index contributed by atoms with van der Waals surface area (Å²) in [4.78, 5) is 23.5. The lowest BCUT2D eigenvalue weighted by Gasteiger charge is -2.16. The van der Waals surface area contributed by atoms with Crippen molar-refractivity contribution >= 4 is 27.6 Å². The van der Waals surface area contributed by atoms with Crippen LogP contribution in [0.3, 0.4) is 0 Å². The van der Waals surface area contributed by atoms with Crippen LogP contribution in [0.1, 0.15) is 10.5 Å². The maximum atomic E-state index is 13.1. The second kappa shape index (κ2) is 7.67. The molecule has 0 aliphatic heterocycles. The first-order valence-electron chi connectivity index (χ1n) is 7.41. The van der Waals surface area contributed by atoms with Crippen molar-refractivity contribution in [2.45, 2.75) is 4.90 Å². The summed E-state index contributed by atoms with van der Waals surface area (Å²) in [5.74, 6) is -1.84. The lowest BCUT2D eigenvalue weighted by atomic mass is 10.3. The molecule has 0 saturated carbocycles. The van der Waals surface area contributed by atoms with Crippen molar-refractivity contribution in [1.82, 2.24) is 8.87 Å². The monoisotopic (exact) mass is 383 g/mol. The summed E-state index contributed by atoms with van der Waals surface area (Å²) in [5.41, 5.74) is 0.275. The number of esters is 1. The molecular formula is C16H18FN3O5S. The fourth-order valence-electron chi connectivity index (χ4n) is 2.22. The molecule has 0 aliphatic rings. The third-order valence-electron chi connectivity index (χ3n) is 3.56. The van der Waals surface area contributed by atoms with E-state index in [0.29, 0.717) is 0 Å². The summed E-state index contributed by atoms with van der Waals surface area (Å²) in [6.07, 6.45) is 1.25. The molecule has 0 atom stereocenters. The largest absolute Gasteiger partial charge is 0.464 e. The minimum atomic E-state index is -4.01. The normalized spacial score (nSPS) is 11.4. The predicted octanol–water partition coefficient (Wildman–Crippen LogP) is 1.21. The quantitative estimate of drug-likeness (QED) is 0.756. The van der Waals surface area contributed by atoms with Crippen LogP contribution in [0.15, 0.2) is 41.4 Å². The van der Waals surface area contributed by atoms with E-state index in [1.807, 2.05) is 0 Å². The number of hydrogen-bond donors (Lipinski definition) is 1. The average molecular weight is 383 g/mol. The number of ether oxygens (including phenoxy) is 1. The molecule has 26 heavy (non-hydrogen) atoms. The van der Waals surface area contributed by atoms with Crippen LogP contribution in [-0.4, -0.2) is 49.9 Å². The molecule has 8 nitrogen and oxygen atoms in total. The molecule has 140 valence electrons. The van der Waals surface area contributed by atoms with Gasteiger partial charge in [-0.3, -0.25) is 4.79 Å². The molecule has 0 radical (unpaired) electrons. The average Bonchev–Trinajstić information content (AvgIpc) is 2.96. The number of carbonyl (C=O) groups excluding carboxylic acids is 2. The molecule has 1 aromatic heterocycles. The number of rotatable bonds is 6. The summed E-state index contributed by atoms with van der Waals surface area (Å²) in [5, 5.41) is 2.42. The molecule has 1 heterocycles. The molecule has 1 N–H and O–H groups in total. The predicted molar refractivity (Wildman–Crippen MR) is 91.6 cm³/mol. The summed E-state index contributed by atoms with van der Waals surface area (Å²) < 4.78 is 45.0. The first-order chi connectivity index (χ1) is 12.1. The Labute approximate surface area is 150 Å². The molecule has 2 rings (SSSR count). The van der Waals surface area contributed by atoms with E-state index in [-0.39, 0.29) is 16.3 Å². The van der Waals surface area contributed by atoms with Gasteiger partial charge in [-0.25, -0.2) is 17.6 Å². The van der Waals surface area contributed by atoms with Gasteiger partial charge in [0.15, 0.2) is 0 Å². The van der Waals surface area contributed by atoms with Gasteiger partial charge in [0.25, 0.3) is 0 Å². The topological polar surface area (TPSA) is 97.7 Å². The number of anilines is 1. The number of likely N-dealkylation sites (N-methyl/N-ethyl adjacent to an activating group) is 1. The SMILES string of the molecule is COC(=O)c1cc(S(=O)(=O)N(C)CC(=O)Nc2cccc(F)c2)cn1C. The zero-order chi connectivity index (χ0) is 19.5. The second-order valence-electron chi connectivity index (χ2n) is 5.48. The summed E-state index contributed by atoms with van der Waals surface area (Å²) >= 11 is 0. The number of amides is 1. The molecule has 1 amide bonds. The first kappa shape index (κ1) is 19.6. The van der Waals surface area contributed by atoms with Gasteiger partial charge in [0.2, 0.25) is 15.9 Å². The van der Waals surface area contributed by atoms with E-state index in [4.69, 9.17) is 0 Å². The van der Waals surface area contributed by atoms with Crippen molar-refractivity contribution in [3.8, 4) is 0 Å². The molecule has 0 saturated heterocycles. The zero-order valence-electron chi connectivity index (χ0n) is 14.4. The maximum absolute atomic E-state index is 13.1. The zero-order valence-corrected chi connectivity index (χ0v) is 15.2. The van der Waals surface area contributed by atoms with Crippen LogP contribution in [0.4, 0.5) is 10.1 Å². The van der Waals surface area contributed by atoms with Gasteiger partial charge < -0.3 is 14.6 Å². The standard InChI is InChI=1S/C16H18FN3O5S/c1-19-9-13(8-14(19)16(22)25-3)26(23,24)20(2)10-15(21)18-12-6-4-5-11(17)7-12/h4-9H,10H2,1-3H3,(H,18,21). The Kier molecular flexibility index (Phi) is 5.78. The van der Waals surface area contributed by atoms with Crippen LogP contribution >= 0.6 is 0 Å². The highest BCUT2D eigenvalue weighted by Gasteiger charge is 2.26. The number of aryl methyl sites for hydroxylation is 1. The van der Waals surface area contributed by atoms with Crippen molar-refractivity contribution < 1.29 is 27.1 Å². The maximum Gasteiger partial charge on any atom is 0.354 e. The lowest BCUT2D eigenvalue weighted by Crippen LogP contribution is -2.34. The van der Waals surface area contributed by atoms with Crippen LogP contribution < -0.4 is 5.32 Å². The first-order valence-corrected chi connectivity index (χ1v) is 8.85. The van der Waals surface area contributed by atoms with Crippen LogP contribution in [0, 0.1) is 5.82 Å². The fraction of sp³-hybridized carbons (Fsp3) is 0.250. The smallest absolute Gasteiger partial charge is 0.354 e. The Bertz CT molecular complexity index is 939. The molecule has 1 aromatic carbocycles. The number of carbonyl (C=O) groups is 2. The van der Waals surface area contributed by atoms with Gasteiger partial charge in [-0.1, -0.05) is 6.07 Å². The number of sulfonamides is 1. The summed E-state index contributed by atoms with van der Waals surface area (Å²) in [6, 6.07) is 6.41. The molecule has 2 aromatic rings. The molecule has 10 heteroatoms. The number of halogens is 1. The Morgan fingerprint density at radius 3 is 2.62 bits per heavy atom. The van der Waals surface area contributed by atoms with Gasteiger partial charge in [-0.2, -0.15) is 4.31 Å². The van der Waals surface area contributed by atoms with E-state index in [9.17, 15) is 22.4 Å². The van der Waals surface area contributed by atoms with Gasteiger partial charge >= 0.3 is 5.97 Å². The lowest BCUT2D eigenvalue weighted by molar-refractivity contribution is -0.116. The highest BCUT2D eigenvalue weighted by atomic mass is 32.2. The van der Waals surface area contributed by atoms with Crippen LogP contribution in [0.5, 0.6) is 0 Å². The molecular weight excluding hydrogens is 365 g/mol. The molecule has 0 spiro atoms. The van der Waals surface area contributed by atoms with E-state index in [1.54, 1.807) is 0 Å². The Balaban J connectivity index is 2.13. The number of methoxy groups -OCH3 is 1. The minimum Gasteiger partial charge on any atom is -0.464 e. The Hall–Kier alpha value is -2.72. The number of benzene rings is 1. The number of nitrogens with zero attached hydrogens (tertiary/aromatic N) is 2. The van der Waals surface area contributed by atoms with E-state index in [2.05, 4.69) is 10.1 Å². The van der Waals surface area contributed by atoms with Crippen molar-refractivity contribution in [3.63, 3.8) is 0 Å². The molecule has 0 aliphatic carbocycles. The van der Waals surface area contributed by atoms with Crippen molar-refractivity contribution in [2.75, 3.05) is 26.0 Å². The number of hydrogen-bond acceptors (Lipinski definition) is 5. The van der Waals surface area contributed by atoms with Crippen LogP contribution in [0.25, 0.3) is 0 Å². The minimum absolute atomic E-state index is 0.0590. The van der Waals surface area contributed by atoms with Crippen LogP contribution in [0.2, 0.25) is 0 Å². The van der Waals surface area contributed by atoms with Crippen molar-refractivity contribution in [2.24, 2.45) is 7.05 Å². The third-order valence-corrected chi connectivity index (χ3v) is 5.33. The van der Waals surface area contributed by atoms with E-state index in [0.717, 1.165) is 10.4 Å². The van der Waals surface area contributed by atoms with E-state index in [1.165, 1.54) is 56.2 Å². The van der Waals surface area contributed by atoms with Crippen molar-refractivity contribution in [1.29, 1.82) is 0 Å². The molecule has 0 fully saturated rings. The second-order valence-corrected chi connectivity index (χ2v) is 7.53. The van der Waals surface area contributed by atoms with Gasteiger partial charge in [0.1, 0.15) is 16.4 Å². The molecule has 0 unspecified atom stereocenters. The summed E-state index contributed by atoms with van der Waals surface area (Å²) in [6.45, 7) is -0.485. The Morgan fingerprint density at radius 1 is 1.31 bits per heavy atom. The van der Waals surface area contributed by atoms with Gasteiger partial charge in [0, 0.05) is 26.0 Å². The van der Waals surface area contributed by atoms with Gasteiger partial charge in [-0.15, -0.1) is 0 Å². The number of aromatic nitrogens is 1. The van der Waals surface area contributed by atoms with Gasteiger partial charge in [-0.05, 0) is 24.3 Å². The van der Waals surface area contributed by atoms with E-state index < -0.39 is 34.3 Å². The fourth-order valence-corrected chi connectivity index (χ4v) is 3.42. The molecule has 0 bridgehead atoms. The Morgan fingerprint density at radius 2 is 2.00 bits per heavy atom. The highest BCUT2D eigenvalue weighted by Crippen LogP contribution is 2.18. The van der Waals surface area contributed by atoms with E-state index >= 15 is 0 Å². The number of nitrogens with one attached hydrogen (secondary N) is 1. The highest BCUT2D eigenvalue weighted by molar-refractivity contribution is 7.89. The van der Waals surface area contributed by atoms with Gasteiger partial charge in [0.05, 0.1) is 13.7 Å². The summed E-state index contributed by atoms with van der Waals surface area (Å²) in [7, 11) is -0.0918. The van der Waals surface area contributed by atoms with Crippen molar-refractivity contribution in [3.05, 3.63) is 48.0 Å².